The Hall–Kier alpha value is -1.81. The maximum absolute atomic E-state index is 11.5. The van der Waals surface area contributed by atoms with Crippen molar-refractivity contribution in [1.29, 1.82) is 0 Å². The number of pyridine rings is 1. The van der Waals surface area contributed by atoms with Crippen LogP contribution < -0.4 is 10.9 Å². The van der Waals surface area contributed by atoms with E-state index >= 15 is 0 Å². The molecule has 0 fully saturated rings. The summed E-state index contributed by atoms with van der Waals surface area (Å²) in [4.78, 5) is 11.5. The Balaban J connectivity index is 2.07. The first-order chi connectivity index (χ1) is 8.29. The lowest BCUT2D eigenvalue weighted by Crippen LogP contribution is -2.17. The van der Waals surface area contributed by atoms with Crippen molar-refractivity contribution in [3.05, 3.63) is 58.4 Å². The molecule has 4 heteroatoms. The van der Waals surface area contributed by atoms with Crippen LogP contribution in [0, 0.1) is 0 Å². The highest BCUT2D eigenvalue weighted by Gasteiger charge is 2.03. The first-order valence-electron chi connectivity index (χ1n) is 5.73. The molecule has 0 unspecified atom stereocenters. The molecule has 90 valence electrons. The fourth-order valence-corrected chi connectivity index (χ4v) is 1.61. The maximum atomic E-state index is 11.5. The third-order valence-corrected chi connectivity index (χ3v) is 2.49. The summed E-state index contributed by atoms with van der Waals surface area (Å²) in [5, 5.41) is 3.19. The number of hydrogen-bond acceptors (Lipinski definition) is 3. The van der Waals surface area contributed by atoms with Gasteiger partial charge in [0.1, 0.15) is 11.5 Å². The number of hydrogen-bond donors (Lipinski definition) is 1. The van der Waals surface area contributed by atoms with Crippen LogP contribution in [0.2, 0.25) is 0 Å². The molecule has 1 N–H and O–H groups in total. The highest BCUT2D eigenvalue weighted by atomic mass is 16.3. The second kappa shape index (κ2) is 5.50. The Morgan fingerprint density at radius 2 is 2.06 bits per heavy atom. The van der Waals surface area contributed by atoms with Crippen LogP contribution in [0.25, 0.3) is 0 Å². The molecule has 0 atom stereocenters. The average molecular weight is 232 g/mol. The van der Waals surface area contributed by atoms with Crippen molar-refractivity contribution in [3.8, 4) is 0 Å². The largest absolute Gasteiger partial charge is 0.463 e. The predicted octanol–water partition coefficient (Wildman–Crippen LogP) is 1.60. The standard InChI is InChI=1S/C13H16N2O2/c1-2-14-9-11-6-7-12(17-11)10-15-8-4-3-5-13(15)16/h3-8,14H,2,9-10H2,1H3. The number of rotatable bonds is 5. The van der Waals surface area contributed by atoms with Crippen LogP contribution in [0.4, 0.5) is 0 Å². The monoisotopic (exact) mass is 232 g/mol. The Kier molecular flexibility index (Phi) is 3.77. The average Bonchev–Trinajstić information content (AvgIpc) is 2.77. The molecule has 0 saturated carbocycles. The van der Waals surface area contributed by atoms with Crippen molar-refractivity contribution >= 4 is 0 Å². The van der Waals surface area contributed by atoms with Gasteiger partial charge in [-0.2, -0.15) is 0 Å². The smallest absolute Gasteiger partial charge is 0.250 e. The molecule has 0 amide bonds. The Morgan fingerprint density at radius 1 is 1.24 bits per heavy atom. The zero-order valence-corrected chi connectivity index (χ0v) is 9.85. The van der Waals surface area contributed by atoms with Crippen LogP contribution in [0.1, 0.15) is 18.4 Å². The van der Waals surface area contributed by atoms with Gasteiger partial charge in [0, 0.05) is 12.3 Å². The summed E-state index contributed by atoms with van der Waals surface area (Å²) >= 11 is 0. The van der Waals surface area contributed by atoms with E-state index in [1.165, 1.54) is 0 Å². The van der Waals surface area contributed by atoms with Gasteiger partial charge in [-0.3, -0.25) is 4.79 Å². The SMILES string of the molecule is CCNCc1ccc(Cn2ccccc2=O)o1. The van der Waals surface area contributed by atoms with E-state index in [9.17, 15) is 4.79 Å². The summed E-state index contributed by atoms with van der Waals surface area (Å²) in [5.41, 5.74) is -0.0165. The van der Waals surface area contributed by atoms with Crippen molar-refractivity contribution in [3.63, 3.8) is 0 Å². The quantitative estimate of drug-likeness (QED) is 0.851. The molecule has 0 radical (unpaired) electrons. The van der Waals surface area contributed by atoms with Gasteiger partial charge in [-0.15, -0.1) is 0 Å². The molecular weight excluding hydrogens is 216 g/mol. The highest BCUT2D eigenvalue weighted by Crippen LogP contribution is 2.08. The molecule has 0 saturated heterocycles. The van der Waals surface area contributed by atoms with Gasteiger partial charge in [-0.25, -0.2) is 0 Å². The van der Waals surface area contributed by atoms with E-state index in [0.29, 0.717) is 6.54 Å². The van der Waals surface area contributed by atoms with E-state index in [4.69, 9.17) is 4.42 Å². The summed E-state index contributed by atoms with van der Waals surface area (Å²) in [6, 6.07) is 8.96. The first kappa shape index (κ1) is 11.7. The van der Waals surface area contributed by atoms with Crippen molar-refractivity contribution in [2.75, 3.05) is 6.54 Å². The zero-order valence-electron chi connectivity index (χ0n) is 9.85. The molecule has 2 heterocycles. The second-order valence-corrected chi connectivity index (χ2v) is 3.82. The number of nitrogens with zero attached hydrogens (tertiary/aromatic N) is 1. The van der Waals surface area contributed by atoms with Gasteiger partial charge in [0.15, 0.2) is 0 Å². The number of furan rings is 1. The molecule has 17 heavy (non-hydrogen) atoms. The molecule has 2 aromatic heterocycles. The van der Waals surface area contributed by atoms with Crippen molar-refractivity contribution in [2.24, 2.45) is 0 Å². The van der Waals surface area contributed by atoms with E-state index < -0.39 is 0 Å². The molecule has 2 aromatic rings. The summed E-state index contributed by atoms with van der Waals surface area (Å²) in [5.74, 6) is 1.69. The van der Waals surface area contributed by atoms with Crippen LogP contribution in [0.15, 0.2) is 45.7 Å². The fraction of sp³-hybridized carbons (Fsp3) is 0.308. The van der Waals surface area contributed by atoms with E-state index in [0.717, 1.165) is 24.6 Å². The van der Waals surface area contributed by atoms with Gasteiger partial charge in [0.2, 0.25) is 0 Å². The van der Waals surface area contributed by atoms with E-state index in [-0.39, 0.29) is 5.56 Å². The maximum Gasteiger partial charge on any atom is 0.250 e. The molecule has 0 aliphatic heterocycles. The van der Waals surface area contributed by atoms with Crippen LogP contribution in [0.3, 0.4) is 0 Å². The Morgan fingerprint density at radius 3 is 2.82 bits per heavy atom. The summed E-state index contributed by atoms with van der Waals surface area (Å²) < 4.78 is 7.24. The third kappa shape index (κ3) is 3.07. The van der Waals surface area contributed by atoms with E-state index in [2.05, 4.69) is 5.32 Å². The zero-order chi connectivity index (χ0) is 12.1. The van der Waals surface area contributed by atoms with Gasteiger partial charge in [0.05, 0.1) is 13.1 Å². The molecule has 2 rings (SSSR count). The molecule has 0 aromatic carbocycles. The summed E-state index contributed by atoms with van der Waals surface area (Å²) in [7, 11) is 0. The summed E-state index contributed by atoms with van der Waals surface area (Å²) in [6.07, 6.45) is 1.76. The third-order valence-electron chi connectivity index (χ3n) is 2.49. The van der Waals surface area contributed by atoms with Gasteiger partial charge in [0.25, 0.3) is 5.56 Å². The summed E-state index contributed by atoms with van der Waals surface area (Å²) in [6.45, 7) is 4.16. The van der Waals surface area contributed by atoms with Crippen LogP contribution >= 0.6 is 0 Å². The predicted molar refractivity (Wildman–Crippen MR) is 65.9 cm³/mol. The van der Waals surface area contributed by atoms with Gasteiger partial charge in [-0.1, -0.05) is 13.0 Å². The molecule has 0 bridgehead atoms. The minimum Gasteiger partial charge on any atom is -0.463 e. The minimum absolute atomic E-state index is 0.0165. The molecule has 4 nitrogen and oxygen atoms in total. The second-order valence-electron chi connectivity index (χ2n) is 3.82. The van der Waals surface area contributed by atoms with Crippen molar-refractivity contribution < 1.29 is 4.42 Å². The minimum atomic E-state index is -0.0165. The van der Waals surface area contributed by atoms with Gasteiger partial charge >= 0.3 is 0 Å². The lowest BCUT2D eigenvalue weighted by atomic mass is 10.4. The van der Waals surface area contributed by atoms with Crippen LogP contribution in [0.5, 0.6) is 0 Å². The van der Waals surface area contributed by atoms with Crippen LogP contribution in [-0.4, -0.2) is 11.1 Å². The van der Waals surface area contributed by atoms with Crippen molar-refractivity contribution in [1.82, 2.24) is 9.88 Å². The lowest BCUT2D eigenvalue weighted by Gasteiger charge is -2.02. The molecule has 0 spiro atoms. The highest BCUT2D eigenvalue weighted by molar-refractivity contribution is 5.08. The molecular formula is C13H16N2O2. The Bertz CT molecular complexity index is 528. The first-order valence-corrected chi connectivity index (χ1v) is 5.73. The normalized spacial score (nSPS) is 10.6. The number of nitrogens with one attached hydrogen (secondary N) is 1. The molecule has 0 aliphatic rings. The van der Waals surface area contributed by atoms with Crippen LogP contribution in [-0.2, 0) is 13.1 Å². The number of aromatic nitrogens is 1. The lowest BCUT2D eigenvalue weighted by molar-refractivity contribution is 0.438. The topological polar surface area (TPSA) is 47.2 Å². The van der Waals surface area contributed by atoms with Gasteiger partial charge < -0.3 is 14.3 Å². The molecule has 0 aliphatic carbocycles. The van der Waals surface area contributed by atoms with E-state index in [1.807, 2.05) is 25.1 Å². The Labute approximate surface area is 99.9 Å². The van der Waals surface area contributed by atoms with Crippen molar-refractivity contribution in [2.45, 2.75) is 20.0 Å². The van der Waals surface area contributed by atoms with E-state index in [1.54, 1.807) is 22.9 Å². The van der Waals surface area contributed by atoms with Gasteiger partial charge in [-0.05, 0) is 24.7 Å². The fourth-order valence-electron chi connectivity index (χ4n) is 1.61.